The summed E-state index contributed by atoms with van der Waals surface area (Å²) in [5.41, 5.74) is 0.780. The van der Waals surface area contributed by atoms with Gasteiger partial charge in [0.15, 0.2) is 0 Å². The molecule has 0 saturated heterocycles. The van der Waals surface area contributed by atoms with Gasteiger partial charge in [-0.25, -0.2) is 4.98 Å². The molecule has 0 aliphatic heterocycles. The molecular weight excluding hydrogens is 282 g/mol. The first-order valence-corrected chi connectivity index (χ1v) is 6.11. The number of aromatic nitrogens is 1. The van der Waals surface area contributed by atoms with Crippen molar-refractivity contribution in [1.82, 2.24) is 4.98 Å². The summed E-state index contributed by atoms with van der Waals surface area (Å²) in [5.74, 6) is 0.611. The zero-order valence-corrected chi connectivity index (χ0v) is 11.7. The molecule has 0 aliphatic rings. The highest BCUT2D eigenvalue weighted by Gasteiger charge is 2.12. The number of nitrogens with zero attached hydrogens (tertiary/aromatic N) is 3. The minimum absolute atomic E-state index is 0.0120. The van der Waals surface area contributed by atoms with Crippen molar-refractivity contribution in [2.24, 2.45) is 0 Å². The van der Waals surface area contributed by atoms with E-state index in [4.69, 9.17) is 16.3 Å². The van der Waals surface area contributed by atoms with Gasteiger partial charge in [0.1, 0.15) is 10.9 Å². The summed E-state index contributed by atoms with van der Waals surface area (Å²) < 4.78 is 5.51. The topological polar surface area (TPSA) is 68.5 Å². The van der Waals surface area contributed by atoms with Crippen LogP contribution in [-0.2, 0) is 0 Å². The Morgan fingerprint density at radius 3 is 2.70 bits per heavy atom. The maximum Gasteiger partial charge on any atom is 0.277 e. The molecule has 0 N–H and O–H groups in total. The van der Waals surface area contributed by atoms with Gasteiger partial charge in [0, 0.05) is 25.8 Å². The largest absolute Gasteiger partial charge is 0.439 e. The predicted molar refractivity (Wildman–Crippen MR) is 76.7 cm³/mol. The molecule has 2 aromatic rings. The zero-order valence-electron chi connectivity index (χ0n) is 10.9. The van der Waals surface area contributed by atoms with Crippen LogP contribution < -0.4 is 9.64 Å². The molecule has 2 rings (SSSR count). The summed E-state index contributed by atoms with van der Waals surface area (Å²) >= 11 is 5.74. The molecule has 0 atom stereocenters. The Labute approximate surface area is 120 Å². The van der Waals surface area contributed by atoms with Crippen molar-refractivity contribution in [3.05, 3.63) is 51.7 Å². The number of rotatable bonds is 4. The zero-order chi connectivity index (χ0) is 14.7. The molecule has 1 heterocycles. The lowest BCUT2D eigenvalue weighted by Gasteiger charge is -2.13. The van der Waals surface area contributed by atoms with E-state index < -0.39 is 4.92 Å². The second-order valence-corrected chi connectivity index (χ2v) is 4.62. The average molecular weight is 294 g/mol. The van der Waals surface area contributed by atoms with Gasteiger partial charge in [0.05, 0.1) is 17.1 Å². The molecule has 0 fully saturated rings. The number of hydrogen-bond donors (Lipinski definition) is 0. The number of pyridine rings is 1. The van der Waals surface area contributed by atoms with Gasteiger partial charge in [-0.2, -0.15) is 0 Å². The molecule has 0 saturated carbocycles. The standard InChI is InChI=1S/C13H12ClN3O3/c1-16(2)9-4-3-5-11(6-9)20-13-8-10(17(18)19)7-12(14)15-13/h3-8H,1-2H3. The van der Waals surface area contributed by atoms with Crippen molar-refractivity contribution in [3.8, 4) is 11.6 Å². The maximum atomic E-state index is 10.8. The molecule has 0 aliphatic carbocycles. The number of nitro groups is 1. The normalized spacial score (nSPS) is 10.2. The molecule has 20 heavy (non-hydrogen) atoms. The monoisotopic (exact) mass is 293 g/mol. The summed E-state index contributed by atoms with van der Waals surface area (Å²) in [4.78, 5) is 16.0. The van der Waals surface area contributed by atoms with E-state index in [9.17, 15) is 10.1 Å². The van der Waals surface area contributed by atoms with E-state index >= 15 is 0 Å². The maximum absolute atomic E-state index is 10.8. The molecule has 0 radical (unpaired) electrons. The van der Waals surface area contributed by atoms with Crippen molar-refractivity contribution in [3.63, 3.8) is 0 Å². The number of hydrogen-bond acceptors (Lipinski definition) is 5. The third-order valence-electron chi connectivity index (χ3n) is 2.52. The molecule has 1 aromatic heterocycles. The minimum atomic E-state index is -0.545. The van der Waals surface area contributed by atoms with Gasteiger partial charge in [-0.3, -0.25) is 10.1 Å². The van der Waals surface area contributed by atoms with E-state index in [-0.39, 0.29) is 16.7 Å². The van der Waals surface area contributed by atoms with E-state index in [1.165, 1.54) is 12.1 Å². The van der Waals surface area contributed by atoms with Crippen molar-refractivity contribution in [1.29, 1.82) is 0 Å². The lowest BCUT2D eigenvalue weighted by Crippen LogP contribution is -2.08. The Kier molecular flexibility index (Phi) is 4.05. The third-order valence-corrected chi connectivity index (χ3v) is 2.72. The highest BCUT2D eigenvalue weighted by atomic mass is 35.5. The van der Waals surface area contributed by atoms with Gasteiger partial charge in [0.2, 0.25) is 5.88 Å². The van der Waals surface area contributed by atoms with E-state index in [0.29, 0.717) is 5.75 Å². The Morgan fingerprint density at radius 2 is 2.05 bits per heavy atom. The van der Waals surface area contributed by atoms with Crippen LogP contribution in [0.15, 0.2) is 36.4 Å². The van der Waals surface area contributed by atoms with Crippen LogP contribution in [-0.4, -0.2) is 24.0 Å². The van der Waals surface area contributed by atoms with Crippen LogP contribution in [0, 0.1) is 10.1 Å². The quantitative estimate of drug-likeness (QED) is 0.490. The fourth-order valence-electron chi connectivity index (χ4n) is 1.56. The molecule has 7 heteroatoms. The second-order valence-electron chi connectivity index (χ2n) is 4.24. The second kappa shape index (κ2) is 5.75. The van der Waals surface area contributed by atoms with Gasteiger partial charge in [-0.15, -0.1) is 0 Å². The van der Waals surface area contributed by atoms with Crippen molar-refractivity contribution < 1.29 is 9.66 Å². The fraction of sp³-hybridized carbons (Fsp3) is 0.154. The first-order valence-electron chi connectivity index (χ1n) is 5.73. The Morgan fingerprint density at radius 1 is 1.30 bits per heavy atom. The number of benzene rings is 1. The van der Waals surface area contributed by atoms with Crippen LogP contribution in [0.4, 0.5) is 11.4 Å². The minimum Gasteiger partial charge on any atom is -0.439 e. The van der Waals surface area contributed by atoms with Crippen LogP contribution >= 0.6 is 11.6 Å². The van der Waals surface area contributed by atoms with Gasteiger partial charge in [0.25, 0.3) is 5.69 Å². The first kappa shape index (κ1) is 14.1. The number of anilines is 1. The summed E-state index contributed by atoms with van der Waals surface area (Å²) in [5, 5.41) is 10.8. The lowest BCUT2D eigenvalue weighted by atomic mass is 10.3. The van der Waals surface area contributed by atoms with Crippen molar-refractivity contribution in [2.45, 2.75) is 0 Å². The van der Waals surface area contributed by atoms with E-state index in [2.05, 4.69) is 4.98 Å². The summed E-state index contributed by atoms with van der Waals surface area (Å²) in [6.07, 6.45) is 0. The Hall–Kier alpha value is -2.34. The summed E-state index contributed by atoms with van der Waals surface area (Å²) in [6, 6.07) is 9.68. The molecule has 0 unspecified atom stereocenters. The lowest BCUT2D eigenvalue weighted by molar-refractivity contribution is -0.385. The van der Waals surface area contributed by atoms with Crippen molar-refractivity contribution in [2.75, 3.05) is 19.0 Å². The molecule has 0 bridgehead atoms. The average Bonchev–Trinajstić information content (AvgIpc) is 2.38. The number of halogens is 1. The van der Waals surface area contributed by atoms with Gasteiger partial charge >= 0.3 is 0 Å². The Balaban J connectivity index is 2.30. The van der Waals surface area contributed by atoms with Gasteiger partial charge in [-0.1, -0.05) is 17.7 Å². The van der Waals surface area contributed by atoms with Crippen LogP contribution in [0.3, 0.4) is 0 Å². The van der Waals surface area contributed by atoms with E-state index in [1.54, 1.807) is 12.1 Å². The smallest absolute Gasteiger partial charge is 0.277 e. The van der Waals surface area contributed by atoms with E-state index in [0.717, 1.165) is 5.69 Å². The summed E-state index contributed by atoms with van der Waals surface area (Å²) in [7, 11) is 3.81. The van der Waals surface area contributed by atoms with Crippen LogP contribution in [0.2, 0.25) is 5.15 Å². The van der Waals surface area contributed by atoms with Crippen LogP contribution in [0.1, 0.15) is 0 Å². The molecular formula is C13H12ClN3O3. The molecule has 0 amide bonds. The molecule has 1 aromatic carbocycles. The SMILES string of the molecule is CN(C)c1cccc(Oc2cc([N+](=O)[O-])cc(Cl)n2)c1. The Bertz CT molecular complexity index is 647. The van der Waals surface area contributed by atoms with Gasteiger partial charge in [-0.05, 0) is 12.1 Å². The fourth-order valence-corrected chi connectivity index (χ4v) is 1.76. The van der Waals surface area contributed by atoms with E-state index in [1.807, 2.05) is 31.1 Å². The van der Waals surface area contributed by atoms with Gasteiger partial charge < -0.3 is 9.64 Å². The highest BCUT2D eigenvalue weighted by Crippen LogP contribution is 2.28. The van der Waals surface area contributed by atoms with Crippen molar-refractivity contribution >= 4 is 23.0 Å². The third kappa shape index (κ3) is 3.36. The molecule has 104 valence electrons. The number of ether oxygens (including phenoxy) is 1. The first-order chi connectivity index (χ1) is 9.45. The molecule has 6 nitrogen and oxygen atoms in total. The predicted octanol–water partition coefficient (Wildman–Crippen LogP) is 3.50. The van der Waals surface area contributed by atoms with Crippen LogP contribution in [0.25, 0.3) is 0 Å². The summed E-state index contributed by atoms with van der Waals surface area (Å²) in [6.45, 7) is 0. The highest BCUT2D eigenvalue weighted by molar-refractivity contribution is 6.29. The molecule has 0 spiro atoms. The van der Waals surface area contributed by atoms with Crippen LogP contribution in [0.5, 0.6) is 11.6 Å².